The minimum atomic E-state index is 0.556. The highest BCUT2D eigenvalue weighted by Crippen LogP contribution is 2.17. The largest absolute Gasteiger partial charge is 0.304 e. The van der Waals surface area contributed by atoms with Crippen LogP contribution in [0.15, 0.2) is 23.3 Å². The van der Waals surface area contributed by atoms with E-state index in [4.69, 9.17) is 11.6 Å². The van der Waals surface area contributed by atoms with Gasteiger partial charge in [-0.15, -0.1) is 0 Å². The van der Waals surface area contributed by atoms with Gasteiger partial charge in [-0.25, -0.2) is 0 Å². The minimum Gasteiger partial charge on any atom is -0.304 e. The Morgan fingerprint density at radius 1 is 1.50 bits per heavy atom. The Labute approximate surface area is 76.2 Å². The Balaban J connectivity index is 2.58. The SMILES string of the molecule is Cc1ccc2c(c1)C(Cl)=NNC2. The number of fused-ring (bicyclic) bond motifs is 1. The van der Waals surface area contributed by atoms with E-state index in [1.807, 2.05) is 6.92 Å². The molecule has 12 heavy (non-hydrogen) atoms. The number of nitrogens with one attached hydrogen (secondary N) is 1. The van der Waals surface area contributed by atoms with Crippen LogP contribution in [0.3, 0.4) is 0 Å². The van der Waals surface area contributed by atoms with E-state index < -0.39 is 0 Å². The molecule has 62 valence electrons. The van der Waals surface area contributed by atoms with Crippen LogP contribution in [0.5, 0.6) is 0 Å². The molecule has 0 unspecified atom stereocenters. The molecule has 0 atom stereocenters. The first-order valence-electron chi connectivity index (χ1n) is 3.83. The maximum atomic E-state index is 5.91. The minimum absolute atomic E-state index is 0.556. The molecule has 0 fully saturated rings. The molecular weight excluding hydrogens is 172 g/mol. The number of hydrogen-bond acceptors (Lipinski definition) is 2. The molecule has 0 bridgehead atoms. The van der Waals surface area contributed by atoms with Gasteiger partial charge in [-0.3, -0.25) is 0 Å². The van der Waals surface area contributed by atoms with Crippen LogP contribution in [-0.2, 0) is 6.54 Å². The summed E-state index contributed by atoms with van der Waals surface area (Å²) >= 11 is 5.91. The molecule has 0 aromatic heterocycles. The first-order valence-corrected chi connectivity index (χ1v) is 4.21. The normalized spacial score (nSPS) is 14.7. The molecule has 1 N–H and O–H groups in total. The Hall–Kier alpha value is -1.02. The van der Waals surface area contributed by atoms with E-state index in [0.29, 0.717) is 5.17 Å². The smallest absolute Gasteiger partial charge is 0.156 e. The van der Waals surface area contributed by atoms with Gasteiger partial charge in [0.1, 0.15) is 0 Å². The monoisotopic (exact) mass is 180 g/mol. The molecule has 0 radical (unpaired) electrons. The molecule has 3 heteroatoms. The van der Waals surface area contributed by atoms with Crippen molar-refractivity contribution in [2.45, 2.75) is 13.5 Å². The standard InChI is InChI=1S/C9H9ClN2/c1-6-2-3-7-5-11-12-9(10)8(7)4-6/h2-4,11H,5H2,1H3. The van der Waals surface area contributed by atoms with Crippen molar-refractivity contribution in [2.24, 2.45) is 5.10 Å². The predicted molar refractivity (Wildman–Crippen MR) is 50.4 cm³/mol. The van der Waals surface area contributed by atoms with E-state index in [1.165, 1.54) is 11.1 Å². The molecule has 2 nitrogen and oxygen atoms in total. The predicted octanol–water partition coefficient (Wildman–Crippen LogP) is 2.00. The maximum absolute atomic E-state index is 5.91. The molecule has 0 amide bonds. The van der Waals surface area contributed by atoms with Gasteiger partial charge < -0.3 is 5.43 Å². The quantitative estimate of drug-likeness (QED) is 0.649. The highest BCUT2D eigenvalue weighted by Gasteiger charge is 2.11. The summed E-state index contributed by atoms with van der Waals surface area (Å²) in [6, 6.07) is 6.22. The Kier molecular flexibility index (Phi) is 1.77. The number of aryl methyl sites for hydroxylation is 1. The van der Waals surface area contributed by atoms with Crippen LogP contribution in [-0.4, -0.2) is 5.17 Å². The van der Waals surface area contributed by atoms with Crippen molar-refractivity contribution < 1.29 is 0 Å². The van der Waals surface area contributed by atoms with Gasteiger partial charge in [0.2, 0.25) is 0 Å². The van der Waals surface area contributed by atoms with Crippen molar-refractivity contribution in [1.29, 1.82) is 0 Å². The summed E-state index contributed by atoms with van der Waals surface area (Å²) in [7, 11) is 0. The highest BCUT2D eigenvalue weighted by molar-refractivity contribution is 6.69. The molecule has 1 heterocycles. The number of hydrazone groups is 1. The first-order chi connectivity index (χ1) is 5.77. The lowest BCUT2D eigenvalue weighted by Gasteiger charge is -2.13. The number of benzene rings is 1. The van der Waals surface area contributed by atoms with Gasteiger partial charge >= 0.3 is 0 Å². The summed E-state index contributed by atoms with van der Waals surface area (Å²) in [5.74, 6) is 0. The van der Waals surface area contributed by atoms with Crippen molar-refractivity contribution in [3.05, 3.63) is 34.9 Å². The Bertz CT molecular complexity index is 344. The zero-order valence-electron chi connectivity index (χ0n) is 6.76. The third-order valence-corrected chi connectivity index (χ3v) is 2.22. The number of halogens is 1. The van der Waals surface area contributed by atoms with Gasteiger partial charge in [0.15, 0.2) is 5.17 Å². The van der Waals surface area contributed by atoms with E-state index in [1.54, 1.807) is 0 Å². The summed E-state index contributed by atoms with van der Waals surface area (Å²) in [5, 5.41) is 4.50. The van der Waals surface area contributed by atoms with Gasteiger partial charge in [-0.05, 0) is 18.6 Å². The average Bonchev–Trinajstić information content (AvgIpc) is 2.07. The van der Waals surface area contributed by atoms with Crippen LogP contribution >= 0.6 is 11.6 Å². The first kappa shape index (κ1) is 7.62. The summed E-state index contributed by atoms with van der Waals surface area (Å²) in [4.78, 5) is 0. The topological polar surface area (TPSA) is 24.4 Å². The van der Waals surface area contributed by atoms with Crippen LogP contribution in [0, 0.1) is 6.92 Å². The van der Waals surface area contributed by atoms with Crippen molar-refractivity contribution >= 4 is 16.8 Å². The fourth-order valence-corrected chi connectivity index (χ4v) is 1.53. The van der Waals surface area contributed by atoms with Gasteiger partial charge in [-0.1, -0.05) is 29.3 Å². The highest BCUT2D eigenvalue weighted by atomic mass is 35.5. The Morgan fingerprint density at radius 3 is 3.17 bits per heavy atom. The molecular formula is C9H9ClN2. The molecule has 1 aliphatic heterocycles. The lowest BCUT2D eigenvalue weighted by Crippen LogP contribution is -2.17. The summed E-state index contributed by atoms with van der Waals surface area (Å²) in [6.45, 7) is 2.82. The van der Waals surface area contributed by atoms with E-state index in [9.17, 15) is 0 Å². The van der Waals surface area contributed by atoms with Gasteiger partial charge in [0.25, 0.3) is 0 Å². The maximum Gasteiger partial charge on any atom is 0.156 e. The van der Waals surface area contributed by atoms with Crippen molar-refractivity contribution in [1.82, 2.24) is 5.43 Å². The number of nitrogens with zero attached hydrogens (tertiary/aromatic N) is 1. The van der Waals surface area contributed by atoms with E-state index in [0.717, 1.165) is 12.1 Å². The molecule has 2 rings (SSSR count). The third kappa shape index (κ3) is 1.18. The van der Waals surface area contributed by atoms with Crippen LogP contribution < -0.4 is 5.43 Å². The van der Waals surface area contributed by atoms with Gasteiger partial charge in [-0.2, -0.15) is 5.10 Å². The van der Waals surface area contributed by atoms with Crippen LogP contribution in [0.2, 0.25) is 0 Å². The van der Waals surface area contributed by atoms with Gasteiger partial charge in [0.05, 0.1) is 6.54 Å². The zero-order valence-corrected chi connectivity index (χ0v) is 7.52. The fraction of sp³-hybridized carbons (Fsp3) is 0.222. The van der Waals surface area contributed by atoms with Crippen LogP contribution in [0.4, 0.5) is 0 Å². The van der Waals surface area contributed by atoms with E-state index >= 15 is 0 Å². The van der Waals surface area contributed by atoms with Crippen molar-refractivity contribution in [3.8, 4) is 0 Å². The zero-order chi connectivity index (χ0) is 8.55. The lowest BCUT2D eigenvalue weighted by molar-refractivity contribution is 0.732. The molecule has 0 spiro atoms. The summed E-state index contributed by atoms with van der Waals surface area (Å²) in [5.41, 5.74) is 6.34. The molecule has 1 aliphatic rings. The third-order valence-electron chi connectivity index (χ3n) is 1.93. The van der Waals surface area contributed by atoms with Gasteiger partial charge in [0, 0.05) is 5.56 Å². The summed E-state index contributed by atoms with van der Waals surface area (Å²) in [6.07, 6.45) is 0. The number of hydrogen-bond donors (Lipinski definition) is 1. The van der Waals surface area contributed by atoms with Crippen molar-refractivity contribution in [3.63, 3.8) is 0 Å². The second-order valence-corrected chi connectivity index (χ2v) is 3.26. The molecule has 0 saturated carbocycles. The van der Waals surface area contributed by atoms with Crippen LogP contribution in [0.1, 0.15) is 16.7 Å². The molecule has 0 aliphatic carbocycles. The molecule has 0 saturated heterocycles. The molecule has 1 aromatic carbocycles. The fourth-order valence-electron chi connectivity index (χ4n) is 1.29. The second kappa shape index (κ2) is 2.79. The second-order valence-electron chi connectivity index (χ2n) is 2.90. The van der Waals surface area contributed by atoms with Crippen molar-refractivity contribution in [2.75, 3.05) is 0 Å². The average molecular weight is 181 g/mol. The van der Waals surface area contributed by atoms with Crippen LogP contribution in [0.25, 0.3) is 0 Å². The van der Waals surface area contributed by atoms with E-state index in [-0.39, 0.29) is 0 Å². The molecule has 1 aromatic rings. The number of rotatable bonds is 0. The Morgan fingerprint density at radius 2 is 2.33 bits per heavy atom. The lowest BCUT2D eigenvalue weighted by atomic mass is 10.0. The van der Waals surface area contributed by atoms with E-state index in [2.05, 4.69) is 28.7 Å². The summed E-state index contributed by atoms with van der Waals surface area (Å²) < 4.78 is 0.